The van der Waals surface area contributed by atoms with Crippen LogP contribution in [-0.2, 0) is 14.1 Å². The Bertz CT molecular complexity index is 703. The lowest BCUT2D eigenvalue weighted by atomic mass is 9.78. The van der Waals surface area contributed by atoms with Crippen LogP contribution in [0.1, 0.15) is 40.2 Å². The molecule has 8 heteroatoms. The van der Waals surface area contributed by atoms with Crippen molar-refractivity contribution in [3.05, 3.63) is 40.6 Å². The Labute approximate surface area is 150 Å². The fourth-order valence-corrected chi connectivity index (χ4v) is 2.81. The topological polar surface area (TPSA) is 35.5 Å². The molecule has 1 aliphatic rings. The normalized spacial score (nSPS) is 19.4. The van der Waals surface area contributed by atoms with Crippen LogP contribution in [0.3, 0.4) is 0 Å². The molecule has 1 heterocycles. The summed E-state index contributed by atoms with van der Waals surface area (Å²) in [5.41, 5.74) is -1.48. The number of thioether (sulfide) groups is 1. The molecule has 0 spiro atoms. The van der Waals surface area contributed by atoms with Crippen LogP contribution in [0, 0.1) is 17.5 Å². The van der Waals surface area contributed by atoms with E-state index in [4.69, 9.17) is 9.31 Å². The monoisotopic (exact) mass is 372 g/mol. The summed E-state index contributed by atoms with van der Waals surface area (Å²) in [5.74, 6) is -3.23. The van der Waals surface area contributed by atoms with Crippen LogP contribution in [0.15, 0.2) is 17.6 Å². The summed E-state index contributed by atoms with van der Waals surface area (Å²) in [7, 11) is -0.890. The van der Waals surface area contributed by atoms with E-state index in [0.717, 1.165) is 30.0 Å². The molecule has 25 heavy (non-hydrogen) atoms. The summed E-state index contributed by atoms with van der Waals surface area (Å²) in [4.78, 5) is 11.3. The zero-order valence-corrected chi connectivity index (χ0v) is 15.6. The van der Waals surface area contributed by atoms with Gasteiger partial charge < -0.3 is 9.31 Å². The van der Waals surface area contributed by atoms with Gasteiger partial charge in [0.15, 0.2) is 16.7 Å². The lowest BCUT2D eigenvalue weighted by molar-refractivity contribution is -0.109. The summed E-state index contributed by atoms with van der Waals surface area (Å²) in [6.07, 6.45) is 1.16. The highest BCUT2D eigenvalue weighted by molar-refractivity contribution is 8.13. The quantitative estimate of drug-likeness (QED) is 0.580. The number of carbonyl (C=O) groups excluding carboxylic acids is 1. The van der Waals surface area contributed by atoms with Gasteiger partial charge in [-0.2, -0.15) is 0 Å². The SMILES string of the molecule is CC(=O)SCC(=Cc1c(F)ccc(F)c1F)B1OC(C)(C)C(C)(C)O1. The molecule has 1 saturated heterocycles. The van der Waals surface area contributed by atoms with Gasteiger partial charge in [0.05, 0.1) is 11.2 Å². The van der Waals surface area contributed by atoms with Gasteiger partial charge in [0.25, 0.3) is 0 Å². The molecule has 0 saturated carbocycles. The molecule has 0 atom stereocenters. The van der Waals surface area contributed by atoms with Crippen molar-refractivity contribution in [3.63, 3.8) is 0 Å². The number of rotatable bonds is 4. The number of benzene rings is 1. The van der Waals surface area contributed by atoms with Crippen molar-refractivity contribution < 1.29 is 27.3 Å². The van der Waals surface area contributed by atoms with Crippen LogP contribution in [0.2, 0.25) is 0 Å². The smallest absolute Gasteiger partial charge is 0.400 e. The van der Waals surface area contributed by atoms with Gasteiger partial charge in [-0.05, 0) is 45.3 Å². The highest BCUT2D eigenvalue weighted by atomic mass is 32.2. The van der Waals surface area contributed by atoms with Crippen molar-refractivity contribution >= 4 is 30.1 Å². The zero-order valence-electron chi connectivity index (χ0n) is 14.8. The summed E-state index contributed by atoms with van der Waals surface area (Å²) in [5, 5.41) is -0.164. The van der Waals surface area contributed by atoms with E-state index in [2.05, 4.69) is 0 Å². The van der Waals surface area contributed by atoms with E-state index in [-0.39, 0.29) is 10.9 Å². The molecule has 0 N–H and O–H groups in total. The minimum Gasteiger partial charge on any atom is -0.400 e. The fourth-order valence-electron chi connectivity index (χ4n) is 2.22. The summed E-state index contributed by atoms with van der Waals surface area (Å²) in [6.45, 7) is 8.74. The zero-order chi connectivity index (χ0) is 19.0. The molecule has 1 aromatic rings. The van der Waals surface area contributed by atoms with E-state index < -0.39 is 41.3 Å². The van der Waals surface area contributed by atoms with Gasteiger partial charge in [0.2, 0.25) is 0 Å². The predicted molar refractivity (Wildman–Crippen MR) is 93.5 cm³/mol. The van der Waals surface area contributed by atoms with Crippen LogP contribution < -0.4 is 0 Å². The van der Waals surface area contributed by atoms with Crippen molar-refractivity contribution in [2.24, 2.45) is 0 Å². The van der Waals surface area contributed by atoms with E-state index >= 15 is 0 Å². The molecular formula is C17H20BF3O3S. The van der Waals surface area contributed by atoms with Gasteiger partial charge in [-0.1, -0.05) is 17.8 Å². The summed E-state index contributed by atoms with van der Waals surface area (Å²) >= 11 is 0.956. The second kappa shape index (κ2) is 7.17. The highest BCUT2D eigenvalue weighted by Gasteiger charge is 2.52. The van der Waals surface area contributed by atoms with Crippen molar-refractivity contribution in [1.29, 1.82) is 0 Å². The Balaban J connectivity index is 2.44. The maximum absolute atomic E-state index is 14.0. The van der Waals surface area contributed by atoms with Gasteiger partial charge in [0.1, 0.15) is 5.82 Å². The van der Waals surface area contributed by atoms with E-state index in [1.54, 1.807) is 0 Å². The first kappa shape index (κ1) is 20.1. The van der Waals surface area contributed by atoms with Crippen molar-refractivity contribution in [2.45, 2.75) is 45.8 Å². The first-order valence-electron chi connectivity index (χ1n) is 7.77. The largest absolute Gasteiger partial charge is 0.491 e. The van der Waals surface area contributed by atoms with Gasteiger partial charge in [0, 0.05) is 18.2 Å². The molecule has 136 valence electrons. The second-order valence-corrected chi connectivity index (χ2v) is 8.00. The van der Waals surface area contributed by atoms with Crippen LogP contribution in [0.25, 0.3) is 6.08 Å². The first-order valence-corrected chi connectivity index (χ1v) is 8.76. The standard InChI is InChI=1S/C17H20BF3O3S/c1-10(22)25-9-11(18-23-16(2,3)17(4,5)24-18)8-12-13(19)6-7-14(20)15(12)21/h6-8H,9H2,1-5H3. The summed E-state index contributed by atoms with van der Waals surface area (Å²) in [6, 6.07) is 1.57. The third kappa shape index (κ3) is 4.30. The molecule has 2 rings (SSSR count). The summed E-state index contributed by atoms with van der Waals surface area (Å²) < 4.78 is 53.2. The lowest BCUT2D eigenvalue weighted by Crippen LogP contribution is -2.41. The minimum absolute atomic E-state index is 0.113. The highest BCUT2D eigenvalue weighted by Crippen LogP contribution is 2.39. The average molecular weight is 372 g/mol. The van der Waals surface area contributed by atoms with Gasteiger partial charge in [-0.25, -0.2) is 13.2 Å². The third-order valence-electron chi connectivity index (χ3n) is 4.41. The van der Waals surface area contributed by atoms with E-state index in [9.17, 15) is 18.0 Å². The van der Waals surface area contributed by atoms with E-state index in [0.29, 0.717) is 5.47 Å². The Morgan fingerprint density at radius 3 is 2.16 bits per heavy atom. The Morgan fingerprint density at radius 2 is 1.64 bits per heavy atom. The Hall–Kier alpha value is -1.25. The number of carbonyl (C=O) groups is 1. The van der Waals surface area contributed by atoms with Crippen LogP contribution in [0.4, 0.5) is 13.2 Å². The molecule has 0 amide bonds. The molecule has 0 aromatic heterocycles. The fraction of sp³-hybridized carbons (Fsp3) is 0.471. The van der Waals surface area contributed by atoms with E-state index in [1.165, 1.54) is 6.92 Å². The predicted octanol–water partition coefficient (Wildman–Crippen LogP) is 4.40. The van der Waals surface area contributed by atoms with Gasteiger partial charge in [-0.15, -0.1) is 0 Å². The molecular weight excluding hydrogens is 352 g/mol. The minimum atomic E-state index is -1.29. The molecule has 0 unspecified atom stereocenters. The maximum atomic E-state index is 14.0. The van der Waals surface area contributed by atoms with Crippen molar-refractivity contribution in [1.82, 2.24) is 0 Å². The molecule has 0 radical (unpaired) electrons. The van der Waals surface area contributed by atoms with Crippen LogP contribution in [-0.4, -0.2) is 29.2 Å². The van der Waals surface area contributed by atoms with Crippen molar-refractivity contribution in [3.8, 4) is 0 Å². The lowest BCUT2D eigenvalue weighted by Gasteiger charge is -2.32. The molecule has 1 aliphatic heterocycles. The Morgan fingerprint density at radius 1 is 1.12 bits per heavy atom. The number of hydrogen-bond acceptors (Lipinski definition) is 4. The molecule has 3 nitrogen and oxygen atoms in total. The van der Waals surface area contributed by atoms with Crippen LogP contribution >= 0.6 is 11.8 Å². The molecule has 1 aromatic carbocycles. The van der Waals surface area contributed by atoms with Crippen LogP contribution in [0.5, 0.6) is 0 Å². The van der Waals surface area contributed by atoms with Gasteiger partial charge >= 0.3 is 7.12 Å². The number of hydrogen-bond donors (Lipinski definition) is 0. The third-order valence-corrected chi connectivity index (χ3v) is 5.29. The number of halogens is 3. The maximum Gasteiger partial charge on any atom is 0.491 e. The van der Waals surface area contributed by atoms with E-state index in [1.807, 2.05) is 27.7 Å². The average Bonchev–Trinajstić information content (AvgIpc) is 2.70. The molecule has 0 bridgehead atoms. The second-order valence-electron chi connectivity index (χ2n) is 6.84. The molecule has 0 aliphatic carbocycles. The van der Waals surface area contributed by atoms with Gasteiger partial charge in [-0.3, -0.25) is 4.79 Å². The van der Waals surface area contributed by atoms with Crippen molar-refractivity contribution in [2.75, 3.05) is 5.75 Å². The molecule has 1 fully saturated rings. The first-order chi connectivity index (χ1) is 11.4. The Kier molecular flexibility index (Phi) is 5.76.